The van der Waals surface area contributed by atoms with Crippen LogP contribution >= 0.6 is 34.8 Å². The van der Waals surface area contributed by atoms with Crippen LogP contribution in [0, 0.1) is 0 Å². The Labute approximate surface area is 239 Å². The third kappa shape index (κ3) is 6.60. The van der Waals surface area contributed by atoms with Crippen LogP contribution in [0.2, 0.25) is 10.0 Å². The third-order valence-electron chi connectivity index (χ3n) is 5.63. The van der Waals surface area contributed by atoms with Crippen LogP contribution in [0.25, 0.3) is 0 Å². The molecule has 4 rings (SSSR count). The molecule has 1 aliphatic heterocycles. The summed E-state index contributed by atoms with van der Waals surface area (Å²) in [6, 6.07) is 16.8. The number of halogens is 3. The smallest absolute Gasteiger partial charge is 0.338 e. The van der Waals surface area contributed by atoms with E-state index in [9.17, 15) is 19.2 Å². The lowest BCUT2D eigenvalue weighted by molar-refractivity contribution is -0.120. The molecule has 0 spiro atoms. The third-order valence-corrected chi connectivity index (χ3v) is 6.42. The molecular weight excluding hydrogens is 565 g/mol. The molecule has 11 heteroatoms. The first-order chi connectivity index (χ1) is 18.7. The van der Waals surface area contributed by atoms with Crippen LogP contribution in [0.5, 0.6) is 0 Å². The van der Waals surface area contributed by atoms with Gasteiger partial charge in [0, 0.05) is 27.0 Å². The maximum Gasteiger partial charge on any atom is 0.338 e. The Hall–Kier alpha value is -3.85. The molecule has 8 nitrogen and oxygen atoms in total. The molecule has 0 fully saturated rings. The summed E-state index contributed by atoms with van der Waals surface area (Å²) in [5.74, 6) is -2.35. The lowest BCUT2D eigenvalue weighted by Gasteiger charge is -2.15. The quantitative estimate of drug-likeness (QED) is 0.165. The number of benzene rings is 3. The minimum absolute atomic E-state index is 0.149. The second kappa shape index (κ2) is 12.3. The highest BCUT2D eigenvalue weighted by molar-refractivity contribution is 6.53. The number of anilines is 3. The Morgan fingerprint density at radius 2 is 1.54 bits per heavy atom. The highest BCUT2D eigenvalue weighted by atomic mass is 35.5. The zero-order valence-corrected chi connectivity index (χ0v) is 22.9. The number of esters is 1. The van der Waals surface area contributed by atoms with E-state index in [1.165, 1.54) is 30.3 Å². The number of carbonyl (C=O) groups excluding carboxylic acids is 4. The summed E-state index contributed by atoms with van der Waals surface area (Å²) in [6.45, 7) is 2.30. The van der Waals surface area contributed by atoms with E-state index < -0.39 is 23.7 Å². The van der Waals surface area contributed by atoms with E-state index in [1.54, 1.807) is 36.4 Å². The van der Waals surface area contributed by atoms with E-state index in [2.05, 4.69) is 10.6 Å². The van der Waals surface area contributed by atoms with Crippen molar-refractivity contribution in [2.24, 2.45) is 0 Å². The van der Waals surface area contributed by atoms with Crippen LogP contribution in [0.4, 0.5) is 17.1 Å². The lowest BCUT2D eigenvalue weighted by atomic mass is 10.1. The first-order valence-corrected chi connectivity index (χ1v) is 13.0. The van der Waals surface area contributed by atoms with Crippen LogP contribution in [0.3, 0.4) is 0 Å². The van der Waals surface area contributed by atoms with E-state index >= 15 is 0 Å². The molecule has 0 saturated carbocycles. The van der Waals surface area contributed by atoms with Gasteiger partial charge in [0.2, 0.25) is 0 Å². The molecule has 3 aromatic rings. The van der Waals surface area contributed by atoms with E-state index in [1.807, 2.05) is 6.92 Å². The maximum absolute atomic E-state index is 13.2. The summed E-state index contributed by atoms with van der Waals surface area (Å²) in [5, 5.41) is 5.97. The number of imide groups is 1. The lowest BCUT2D eigenvalue weighted by Crippen LogP contribution is -2.32. The predicted molar refractivity (Wildman–Crippen MR) is 151 cm³/mol. The Kier molecular flexibility index (Phi) is 8.91. The normalized spacial score (nSPS) is 13.1. The second-order valence-corrected chi connectivity index (χ2v) is 9.74. The molecule has 0 saturated heterocycles. The van der Waals surface area contributed by atoms with Gasteiger partial charge in [0.05, 0.1) is 17.9 Å². The molecular formula is C28H22Cl3N3O5. The molecule has 0 bridgehead atoms. The molecule has 3 amide bonds. The number of hydrogen-bond donors (Lipinski definition) is 2. The molecule has 0 unspecified atom stereocenters. The van der Waals surface area contributed by atoms with Crippen LogP contribution in [-0.2, 0) is 14.3 Å². The van der Waals surface area contributed by atoms with Crippen LogP contribution < -0.4 is 15.5 Å². The molecule has 39 heavy (non-hydrogen) atoms. The zero-order chi connectivity index (χ0) is 28.1. The fraction of sp³-hybridized carbons (Fsp3) is 0.143. The molecule has 2 N–H and O–H groups in total. The van der Waals surface area contributed by atoms with Crippen molar-refractivity contribution in [3.05, 3.63) is 98.6 Å². The fourth-order valence-electron chi connectivity index (χ4n) is 3.70. The zero-order valence-electron chi connectivity index (χ0n) is 20.6. The number of nitrogens with one attached hydrogen (secondary N) is 2. The first kappa shape index (κ1) is 28.2. The van der Waals surface area contributed by atoms with Gasteiger partial charge in [-0.15, -0.1) is 0 Å². The number of nitrogens with zero attached hydrogens (tertiary/aromatic N) is 1. The molecule has 1 aliphatic rings. The fourth-order valence-corrected chi connectivity index (χ4v) is 4.44. The molecule has 1 heterocycles. The van der Waals surface area contributed by atoms with Crippen LogP contribution in [-0.4, -0.2) is 30.3 Å². The summed E-state index contributed by atoms with van der Waals surface area (Å²) in [6.07, 6.45) is 1.65. The summed E-state index contributed by atoms with van der Waals surface area (Å²) in [7, 11) is 0. The van der Waals surface area contributed by atoms with Gasteiger partial charge in [-0.05, 0) is 67.1 Å². The van der Waals surface area contributed by atoms with Crippen molar-refractivity contribution in [1.29, 1.82) is 0 Å². The van der Waals surface area contributed by atoms with Crippen LogP contribution in [0.15, 0.2) is 77.5 Å². The Morgan fingerprint density at radius 1 is 0.846 bits per heavy atom. The van der Waals surface area contributed by atoms with Gasteiger partial charge < -0.3 is 15.4 Å². The summed E-state index contributed by atoms with van der Waals surface area (Å²) < 4.78 is 5.18. The molecule has 0 radical (unpaired) electrons. The van der Waals surface area contributed by atoms with Crippen molar-refractivity contribution in [1.82, 2.24) is 0 Å². The summed E-state index contributed by atoms with van der Waals surface area (Å²) in [4.78, 5) is 51.8. The molecule has 3 aromatic carbocycles. The Balaban J connectivity index is 1.47. The summed E-state index contributed by atoms with van der Waals surface area (Å²) >= 11 is 18.2. The van der Waals surface area contributed by atoms with Crippen molar-refractivity contribution in [3.63, 3.8) is 0 Å². The molecule has 200 valence electrons. The second-order valence-electron chi connectivity index (χ2n) is 8.49. The number of rotatable bonds is 9. The van der Waals surface area contributed by atoms with E-state index in [4.69, 9.17) is 39.5 Å². The Morgan fingerprint density at radius 3 is 2.21 bits per heavy atom. The monoisotopic (exact) mass is 585 g/mol. The Bertz CT molecular complexity index is 1470. The van der Waals surface area contributed by atoms with Crippen LogP contribution in [0.1, 0.15) is 40.5 Å². The maximum atomic E-state index is 13.2. The van der Waals surface area contributed by atoms with Gasteiger partial charge in [-0.1, -0.05) is 54.2 Å². The van der Waals surface area contributed by atoms with Gasteiger partial charge in [0.1, 0.15) is 10.7 Å². The van der Waals surface area contributed by atoms with Crippen molar-refractivity contribution >= 4 is 75.6 Å². The van der Waals surface area contributed by atoms with Crippen molar-refractivity contribution in [3.8, 4) is 0 Å². The van der Waals surface area contributed by atoms with Gasteiger partial charge in [-0.2, -0.15) is 0 Å². The number of ether oxygens (including phenoxy) is 1. The van der Waals surface area contributed by atoms with Gasteiger partial charge in [-0.3, -0.25) is 14.4 Å². The number of hydrogen-bond acceptors (Lipinski definition) is 6. The van der Waals surface area contributed by atoms with Crippen molar-refractivity contribution in [2.75, 3.05) is 22.1 Å². The van der Waals surface area contributed by atoms with Gasteiger partial charge in [0.25, 0.3) is 17.7 Å². The minimum atomic E-state index is -0.728. The topological polar surface area (TPSA) is 105 Å². The SMILES string of the molecule is CCCCOC(=O)c1ccc(N2C(=O)C(Cl)=C(Nc3cccc(C(=O)Nc4cc(Cl)cc(Cl)c4)c3)C2=O)cc1. The van der Waals surface area contributed by atoms with E-state index in [0.717, 1.165) is 17.7 Å². The summed E-state index contributed by atoms with van der Waals surface area (Å²) in [5.41, 5.74) is 1.41. The standard InChI is InChI=1S/C28H22Cl3N3O5/c1-2-3-11-39-28(38)16-7-9-22(10-8-16)34-26(36)23(31)24(27(34)37)32-20-6-4-5-17(12-20)25(35)33-21-14-18(29)13-19(30)15-21/h4-10,12-15,32H,2-3,11H2,1H3,(H,33,35). The molecule has 0 atom stereocenters. The molecule has 0 aromatic heterocycles. The highest BCUT2D eigenvalue weighted by Gasteiger charge is 2.39. The van der Waals surface area contributed by atoms with Gasteiger partial charge >= 0.3 is 5.97 Å². The van der Waals surface area contributed by atoms with Crippen molar-refractivity contribution < 1.29 is 23.9 Å². The minimum Gasteiger partial charge on any atom is -0.462 e. The highest BCUT2D eigenvalue weighted by Crippen LogP contribution is 2.31. The first-order valence-electron chi connectivity index (χ1n) is 11.9. The van der Waals surface area contributed by atoms with Gasteiger partial charge in [0.15, 0.2) is 0 Å². The molecule has 0 aliphatic carbocycles. The van der Waals surface area contributed by atoms with Gasteiger partial charge in [-0.25, -0.2) is 9.69 Å². The number of carbonyl (C=O) groups is 4. The predicted octanol–water partition coefficient (Wildman–Crippen LogP) is 6.64. The number of unbranched alkanes of at least 4 members (excludes halogenated alkanes) is 1. The largest absolute Gasteiger partial charge is 0.462 e. The van der Waals surface area contributed by atoms with Crippen molar-refractivity contribution in [2.45, 2.75) is 19.8 Å². The number of amides is 3. The average Bonchev–Trinajstić information content (AvgIpc) is 3.11. The average molecular weight is 587 g/mol. The van der Waals surface area contributed by atoms with E-state index in [-0.39, 0.29) is 22.0 Å². The van der Waals surface area contributed by atoms with E-state index in [0.29, 0.717) is 33.6 Å².